The number of aromatic nitrogens is 1. The van der Waals surface area contributed by atoms with Gasteiger partial charge >= 0.3 is 11.9 Å². The maximum Gasteiger partial charge on any atom is 0.335 e. The second-order valence-corrected chi connectivity index (χ2v) is 10.5. The summed E-state index contributed by atoms with van der Waals surface area (Å²) in [6.45, 7) is 0. The van der Waals surface area contributed by atoms with E-state index >= 15 is 0 Å². The van der Waals surface area contributed by atoms with Gasteiger partial charge in [-0.2, -0.15) is 0 Å². The number of unbranched alkanes of at least 4 members (excludes halogenated alkanes) is 4. The van der Waals surface area contributed by atoms with Crippen molar-refractivity contribution in [2.75, 3.05) is 5.75 Å². The maximum absolute atomic E-state index is 12.1. The lowest BCUT2D eigenvalue weighted by atomic mass is 10.1. The predicted molar refractivity (Wildman–Crippen MR) is 143 cm³/mol. The van der Waals surface area contributed by atoms with Crippen molar-refractivity contribution in [3.8, 4) is 0 Å². The van der Waals surface area contributed by atoms with Crippen molar-refractivity contribution in [2.45, 2.75) is 54.4 Å². The SMILES string of the molecule is O=C(O)c1cccc(CSC(C(=O)O)c2ncccc2SCCCCCCCc2ccccc2)c1. The Morgan fingerprint density at radius 1 is 0.829 bits per heavy atom. The Kier molecular flexibility index (Phi) is 11.2. The molecule has 0 aliphatic rings. The summed E-state index contributed by atoms with van der Waals surface area (Å²) in [6, 6.07) is 21.0. The van der Waals surface area contributed by atoms with Gasteiger partial charge in [-0.15, -0.1) is 23.5 Å². The Labute approximate surface area is 215 Å². The molecule has 7 heteroatoms. The van der Waals surface area contributed by atoms with Crippen LogP contribution in [0.25, 0.3) is 0 Å². The third-order valence-corrected chi connectivity index (χ3v) is 7.98. The zero-order chi connectivity index (χ0) is 24.9. The lowest BCUT2D eigenvalue weighted by Crippen LogP contribution is -2.11. The van der Waals surface area contributed by atoms with Crippen LogP contribution >= 0.6 is 23.5 Å². The van der Waals surface area contributed by atoms with Crippen LogP contribution in [0.2, 0.25) is 0 Å². The second-order valence-electron chi connectivity index (χ2n) is 8.27. The molecule has 1 atom stereocenters. The topological polar surface area (TPSA) is 87.5 Å². The molecule has 1 aromatic heterocycles. The number of aliphatic carboxylic acids is 1. The molecule has 184 valence electrons. The minimum absolute atomic E-state index is 0.198. The van der Waals surface area contributed by atoms with Crippen molar-refractivity contribution in [2.24, 2.45) is 0 Å². The smallest absolute Gasteiger partial charge is 0.335 e. The van der Waals surface area contributed by atoms with Crippen LogP contribution in [0, 0.1) is 0 Å². The van der Waals surface area contributed by atoms with Crippen molar-refractivity contribution in [3.05, 3.63) is 95.3 Å². The quantitative estimate of drug-likeness (QED) is 0.166. The van der Waals surface area contributed by atoms with E-state index in [2.05, 4.69) is 29.2 Å². The molecule has 5 nitrogen and oxygen atoms in total. The first-order valence-corrected chi connectivity index (χ1v) is 13.9. The van der Waals surface area contributed by atoms with Crippen LogP contribution in [0.4, 0.5) is 0 Å². The van der Waals surface area contributed by atoms with E-state index in [-0.39, 0.29) is 5.56 Å². The van der Waals surface area contributed by atoms with Gasteiger partial charge in [-0.1, -0.05) is 61.7 Å². The Morgan fingerprint density at radius 2 is 1.57 bits per heavy atom. The van der Waals surface area contributed by atoms with Crippen LogP contribution in [0.1, 0.15) is 64.5 Å². The van der Waals surface area contributed by atoms with Gasteiger partial charge in [-0.3, -0.25) is 9.78 Å². The van der Waals surface area contributed by atoms with Crippen LogP contribution in [0.15, 0.2) is 77.8 Å². The number of thioether (sulfide) groups is 2. The van der Waals surface area contributed by atoms with Gasteiger partial charge in [0.05, 0.1) is 11.3 Å². The van der Waals surface area contributed by atoms with E-state index in [1.165, 1.54) is 42.7 Å². The molecule has 2 aromatic carbocycles. The van der Waals surface area contributed by atoms with Gasteiger partial charge in [0, 0.05) is 16.8 Å². The highest BCUT2D eigenvalue weighted by atomic mass is 32.2. The average molecular weight is 510 g/mol. The summed E-state index contributed by atoms with van der Waals surface area (Å²) in [5.74, 6) is -0.619. The number of aryl methyl sites for hydroxylation is 1. The first kappa shape index (κ1) is 26.8. The van der Waals surface area contributed by atoms with Crippen molar-refractivity contribution in [1.82, 2.24) is 4.98 Å². The van der Waals surface area contributed by atoms with Gasteiger partial charge in [0.1, 0.15) is 5.25 Å². The number of pyridine rings is 1. The summed E-state index contributed by atoms with van der Waals surface area (Å²) >= 11 is 2.92. The number of carboxylic acids is 2. The van der Waals surface area contributed by atoms with E-state index in [1.807, 2.05) is 24.3 Å². The molecule has 2 N–H and O–H groups in total. The van der Waals surface area contributed by atoms with Crippen molar-refractivity contribution >= 4 is 35.5 Å². The molecule has 0 fully saturated rings. The molecule has 0 saturated carbocycles. The molecule has 1 heterocycles. The lowest BCUT2D eigenvalue weighted by molar-refractivity contribution is -0.136. The Hall–Kier alpha value is -2.77. The van der Waals surface area contributed by atoms with Crippen molar-refractivity contribution in [1.29, 1.82) is 0 Å². The van der Waals surface area contributed by atoms with Gasteiger partial charge in [0.2, 0.25) is 0 Å². The summed E-state index contributed by atoms with van der Waals surface area (Å²) < 4.78 is 0. The number of nitrogens with zero attached hydrogens (tertiary/aromatic N) is 1. The number of hydrogen-bond donors (Lipinski definition) is 2. The van der Waals surface area contributed by atoms with Crippen LogP contribution in [0.5, 0.6) is 0 Å². The molecule has 0 aliphatic carbocycles. The summed E-state index contributed by atoms with van der Waals surface area (Å²) in [5.41, 5.74) is 2.93. The number of aromatic carboxylic acids is 1. The van der Waals surface area contributed by atoms with E-state index < -0.39 is 17.2 Å². The fourth-order valence-electron chi connectivity index (χ4n) is 3.75. The van der Waals surface area contributed by atoms with Gasteiger partial charge in [0.25, 0.3) is 0 Å². The molecule has 1 unspecified atom stereocenters. The number of carboxylic acid groups (broad SMARTS) is 2. The fourth-order valence-corrected chi connectivity index (χ4v) is 5.91. The van der Waals surface area contributed by atoms with E-state index in [0.717, 1.165) is 35.5 Å². The number of benzene rings is 2. The second kappa shape index (κ2) is 14.6. The van der Waals surface area contributed by atoms with Crippen molar-refractivity contribution in [3.63, 3.8) is 0 Å². The highest BCUT2D eigenvalue weighted by Crippen LogP contribution is 2.36. The number of rotatable bonds is 15. The molecule has 35 heavy (non-hydrogen) atoms. The monoisotopic (exact) mass is 509 g/mol. The third-order valence-electron chi connectivity index (χ3n) is 5.57. The van der Waals surface area contributed by atoms with Crippen LogP contribution in [0.3, 0.4) is 0 Å². The first-order valence-electron chi connectivity index (χ1n) is 11.8. The van der Waals surface area contributed by atoms with E-state index in [0.29, 0.717) is 11.4 Å². The largest absolute Gasteiger partial charge is 0.480 e. The van der Waals surface area contributed by atoms with Crippen LogP contribution in [-0.2, 0) is 17.0 Å². The fraction of sp³-hybridized carbons (Fsp3) is 0.321. The van der Waals surface area contributed by atoms with E-state index in [9.17, 15) is 19.8 Å². The summed E-state index contributed by atoms with van der Waals surface area (Å²) in [6.07, 6.45) is 8.63. The van der Waals surface area contributed by atoms with Crippen LogP contribution < -0.4 is 0 Å². The highest BCUT2D eigenvalue weighted by molar-refractivity contribution is 8.00. The third kappa shape index (κ3) is 9.07. The summed E-state index contributed by atoms with van der Waals surface area (Å²) in [7, 11) is 0. The zero-order valence-corrected chi connectivity index (χ0v) is 21.3. The van der Waals surface area contributed by atoms with Gasteiger partial charge in [0.15, 0.2) is 0 Å². The number of hydrogen-bond acceptors (Lipinski definition) is 5. The molecule has 0 saturated heterocycles. The Morgan fingerprint density at radius 3 is 2.34 bits per heavy atom. The Bertz CT molecular complexity index is 1090. The molecule has 0 spiro atoms. The minimum Gasteiger partial charge on any atom is -0.480 e. The minimum atomic E-state index is -0.994. The zero-order valence-electron chi connectivity index (χ0n) is 19.6. The molecule has 0 aliphatic heterocycles. The van der Waals surface area contributed by atoms with Gasteiger partial charge < -0.3 is 10.2 Å². The normalized spacial score (nSPS) is 11.8. The summed E-state index contributed by atoms with van der Waals surface area (Å²) in [4.78, 5) is 28.6. The van der Waals surface area contributed by atoms with Gasteiger partial charge in [-0.25, -0.2) is 4.79 Å². The lowest BCUT2D eigenvalue weighted by Gasteiger charge is -2.15. The molecule has 3 aromatic rings. The molecule has 0 amide bonds. The molecule has 0 radical (unpaired) electrons. The summed E-state index contributed by atoms with van der Waals surface area (Å²) in [5, 5.41) is 18.3. The Balaban J connectivity index is 1.46. The molecule has 0 bridgehead atoms. The molecule has 3 rings (SSSR count). The average Bonchev–Trinajstić information content (AvgIpc) is 2.87. The molecular weight excluding hydrogens is 478 g/mol. The first-order chi connectivity index (χ1) is 17.0. The van der Waals surface area contributed by atoms with Crippen LogP contribution in [-0.4, -0.2) is 32.9 Å². The highest BCUT2D eigenvalue weighted by Gasteiger charge is 2.25. The number of carbonyl (C=O) groups is 2. The van der Waals surface area contributed by atoms with E-state index in [4.69, 9.17) is 0 Å². The van der Waals surface area contributed by atoms with Gasteiger partial charge in [-0.05, 0) is 60.4 Å². The maximum atomic E-state index is 12.1. The molecular formula is C28H31NO4S2. The van der Waals surface area contributed by atoms with E-state index in [1.54, 1.807) is 30.1 Å². The standard InChI is InChI=1S/C28H31NO4S2/c30-27(31)23-15-9-14-22(19-23)20-35-26(28(32)33)25-24(16-10-17-29-25)34-18-8-3-1-2-5-11-21-12-6-4-7-13-21/h4,6-7,9-10,12-17,19,26H,1-3,5,8,11,18,20H2,(H,30,31)(H,32,33). The predicted octanol–water partition coefficient (Wildman–Crippen LogP) is 7.12. The van der Waals surface area contributed by atoms with Crippen molar-refractivity contribution < 1.29 is 19.8 Å².